The zero-order valence-electron chi connectivity index (χ0n) is 13.2. The van der Waals surface area contributed by atoms with E-state index in [4.69, 9.17) is 16.7 Å². The fraction of sp³-hybridized carbons (Fsp3) is 0.316. The highest BCUT2D eigenvalue weighted by molar-refractivity contribution is 6.30. The lowest BCUT2D eigenvalue weighted by Gasteiger charge is -2.12. The molecule has 2 aliphatic carbocycles. The normalized spacial score (nSPS) is 15.7. The molecule has 24 heavy (non-hydrogen) atoms. The zero-order valence-corrected chi connectivity index (χ0v) is 13.9. The van der Waals surface area contributed by atoms with Crippen molar-refractivity contribution >= 4 is 17.1 Å². The number of aromatic nitrogens is 3. The summed E-state index contributed by atoms with van der Waals surface area (Å²) in [4.78, 5) is 4.27. The Balaban J connectivity index is 1.83. The smallest absolute Gasteiger partial charge is 0.252 e. The van der Waals surface area contributed by atoms with E-state index in [0.717, 1.165) is 44.1 Å². The lowest BCUT2D eigenvalue weighted by Crippen LogP contribution is -2.36. The van der Waals surface area contributed by atoms with Crippen molar-refractivity contribution in [1.82, 2.24) is 10.1 Å². The minimum Gasteiger partial charge on any atom is -0.854 e. The molecule has 4 nitrogen and oxygen atoms in total. The van der Waals surface area contributed by atoms with Gasteiger partial charge in [-0.1, -0.05) is 11.6 Å². The summed E-state index contributed by atoms with van der Waals surface area (Å²) in [5.74, 6) is 0.309. The second-order valence-corrected chi connectivity index (χ2v) is 7.03. The summed E-state index contributed by atoms with van der Waals surface area (Å²) < 4.78 is 1.89. The van der Waals surface area contributed by atoms with Crippen molar-refractivity contribution in [2.75, 3.05) is 0 Å². The second kappa shape index (κ2) is 5.15. The quantitative estimate of drug-likeness (QED) is 0.641. The third-order valence-electron chi connectivity index (χ3n) is 5.23. The predicted octanol–water partition coefficient (Wildman–Crippen LogP) is 2.59. The van der Waals surface area contributed by atoms with E-state index in [0.29, 0.717) is 16.4 Å². The van der Waals surface area contributed by atoms with E-state index in [1.165, 1.54) is 22.4 Å². The Morgan fingerprint density at radius 2 is 1.62 bits per heavy atom. The molecule has 0 amide bonds. The van der Waals surface area contributed by atoms with E-state index in [2.05, 4.69) is 4.98 Å². The van der Waals surface area contributed by atoms with Crippen LogP contribution in [0.25, 0.3) is 16.9 Å². The number of halogens is 1. The molecule has 2 aromatic heterocycles. The van der Waals surface area contributed by atoms with Gasteiger partial charge in [-0.2, -0.15) is 0 Å². The van der Waals surface area contributed by atoms with E-state index < -0.39 is 0 Å². The minimum atomic E-state index is -0.164. The zero-order chi connectivity index (χ0) is 16.3. The topological polar surface area (TPSA) is 52.9 Å². The summed E-state index contributed by atoms with van der Waals surface area (Å²) in [5.41, 5.74) is 6.74. The van der Waals surface area contributed by atoms with Crippen molar-refractivity contribution in [3.8, 4) is 17.3 Å². The van der Waals surface area contributed by atoms with Crippen LogP contribution in [0.2, 0.25) is 5.02 Å². The first-order chi connectivity index (χ1) is 11.7. The van der Waals surface area contributed by atoms with Crippen molar-refractivity contribution in [1.29, 1.82) is 0 Å². The molecule has 0 fully saturated rings. The number of aryl methyl sites for hydroxylation is 2. The molecule has 0 atom stereocenters. The molecule has 2 heterocycles. The summed E-state index contributed by atoms with van der Waals surface area (Å²) >= 11 is 5.96. The molecule has 0 spiro atoms. The largest absolute Gasteiger partial charge is 0.854 e. The third kappa shape index (κ3) is 1.96. The van der Waals surface area contributed by atoms with E-state index in [-0.39, 0.29) is 5.88 Å². The number of benzene rings is 1. The van der Waals surface area contributed by atoms with Crippen molar-refractivity contribution < 1.29 is 9.62 Å². The Hall–Kier alpha value is -2.20. The first-order valence-electron chi connectivity index (χ1n) is 8.45. The van der Waals surface area contributed by atoms with E-state index >= 15 is 0 Å². The van der Waals surface area contributed by atoms with Gasteiger partial charge >= 0.3 is 0 Å². The van der Waals surface area contributed by atoms with Gasteiger partial charge in [0.05, 0.1) is 5.88 Å². The molecule has 1 aromatic carbocycles. The first kappa shape index (κ1) is 14.2. The van der Waals surface area contributed by atoms with Gasteiger partial charge in [-0.25, -0.2) is 4.98 Å². The standard InChI is InChI=1S/C19H16ClN3O/c20-12-9-7-11(8-10-12)18-21-19(24)17-15-5-1-3-13(15)14-4-2-6-16(14)23(17)22-18/h7-10H,1-6H2. The van der Waals surface area contributed by atoms with Gasteiger partial charge in [0.1, 0.15) is 0 Å². The summed E-state index contributed by atoms with van der Waals surface area (Å²) in [6.07, 6.45) is 6.41. The summed E-state index contributed by atoms with van der Waals surface area (Å²) in [5, 5.41) is 18.2. The number of rotatable bonds is 1. The molecular formula is C19H16ClN3O. The number of fused-ring (bicyclic) bond motifs is 6. The van der Waals surface area contributed by atoms with Gasteiger partial charge in [0.25, 0.3) is 5.52 Å². The lowest BCUT2D eigenvalue weighted by molar-refractivity contribution is -0.592. The van der Waals surface area contributed by atoms with Crippen LogP contribution in [0.1, 0.15) is 35.2 Å². The number of pyridine rings is 1. The van der Waals surface area contributed by atoms with Gasteiger partial charge in [-0.05, 0) is 66.4 Å². The molecule has 0 aliphatic heterocycles. The SMILES string of the molecule is [O-]c1nc(-c2ccc(Cl)cc2)n[n+]2c3c(c4c(c12)CCC4)CCC3. The van der Waals surface area contributed by atoms with Crippen LogP contribution in [0.4, 0.5) is 0 Å². The Bertz CT molecular complexity index is 983. The Morgan fingerprint density at radius 1 is 0.917 bits per heavy atom. The fourth-order valence-electron chi connectivity index (χ4n) is 4.20. The molecule has 0 radical (unpaired) electrons. The molecule has 3 aromatic rings. The molecule has 120 valence electrons. The highest BCUT2D eigenvalue weighted by atomic mass is 35.5. The molecular weight excluding hydrogens is 322 g/mol. The third-order valence-corrected chi connectivity index (χ3v) is 5.48. The maximum atomic E-state index is 12.8. The molecule has 0 N–H and O–H groups in total. The monoisotopic (exact) mass is 337 g/mol. The van der Waals surface area contributed by atoms with Crippen LogP contribution >= 0.6 is 11.6 Å². The van der Waals surface area contributed by atoms with E-state index in [9.17, 15) is 5.11 Å². The van der Waals surface area contributed by atoms with Gasteiger partial charge in [0.2, 0.25) is 11.5 Å². The van der Waals surface area contributed by atoms with Crippen LogP contribution < -0.4 is 9.62 Å². The number of hydrogen-bond acceptors (Lipinski definition) is 3. The summed E-state index contributed by atoms with van der Waals surface area (Å²) in [7, 11) is 0. The van der Waals surface area contributed by atoms with Gasteiger partial charge in [0.15, 0.2) is 0 Å². The fourth-order valence-corrected chi connectivity index (χ4v) is 4.33. The van der Waals surface area contributed by atoms with Crippen molar-refractivity contribution in [3.05, 3.63) is 51.7 Å². The van der Waals surface area contributed by atoms with Crippen LogP contribution in [0.5, 0.6) is 5.88 Å². The van der Waals surface area contributed by atoms with E-state index in [1.807, 2.05) is 16.6 Å². The number of hydrogen-bond donors (Lipinski definition) is 0. The first-order valence-corrected chi connectivity index (χ1v) is 8.82. The molecule has 5 heteroatoms. The average molecular weight is 338 g/mol. The molecule has 0 unspecified atom stereocenters. The lowest BCUT2D eigenvalue weighted by atomic mass is 10.0. The molecule has 0 saturated carbocycles. The Morgan fingerprint density at radius 3 is 2.46 bits per heavy atom. The van der Waals surface area contributed by atoms with Crippen LogP contribution in [-0.2, 0) is 25.7 Å². The van der Waals surface area contributed by atoms with Gasteiger partial charge < -0.3 is 5.11 Å². The second-order valence-electron chi connectivity index (χ2n) is 6.60. The highest BCUT2D eigenvalue weighted by Gasteiger charge is 2.33. The van der Waals surface area contributed by atoms with Gasteiger partial charge in [0, 0.05) is 33.2 Å². The summed E-state index contributed by atoms with van der Waals surface area (Å²) in [6.45, 7) is 0. The van der Waals surface area contributed by atoms with E-state index in [1.54, 1.807) is 12.1 Å². The van der Waals surface area contributed by atoms with Crippen molar-refractivity contribution in [3.63, 3.8) is 0 Å². The average Bonchev–Trinajstić information content (AvgIpc) is 3.24. The van der Waals surface area contributed by atoms with Crippen molar-refractivity contribution in [2.45, 2.75) is 38.5 Å². The van der Waals surface area contributed by atoms with Crippen LogP contribution in [0, 0.1) is 0 Å². The van der Waals surface area contributed by atoms with Crippen molar-refractivity contribution in [2.24, 2.45) is 0 Å². The van der Waals surface area contributed by atoms with Gasteiger partial charge in [-0.3, -0.25) is 0 Å². The summed E-state index contributed by atoms with van der Waals surface area (Å²) in [6, 6.07) is 7.31. The van der Waals surface area contributed by atoms with Gasteiger partial charge in [-0.15, -0.1) is 0 Å². The Kier molecular flexibility index (Phi) is 3.04. The van der Waals surface area contributed by atoms with Crippen LogP contribution in [0.3, 0.4) is 0 Å². The molecule has 0 saturated heterocycles. The van der Waals surface area contributed by atoms with Crippen LogP contribution in [0.15, 0.2) is 24.3 Å². The maximum absolute atomic E-state index is 12.8. The molecule has 2 aliphatic rings. The maximum Gasteiger partial charge on any atom is 0.252 e. The minimum absolute atomic E-state index is 0.164. The molecule has 0 bridgehead atoms. The van der Waals surface area contributed by atoms with Crippen LogP contribution in [-0.4, -0.2) is 10.1 Å². The Labute approximate surface area is 144 Å². The number of nitrogens with zero attached hydrogens (tertiary/aromatic N) is 3. The highest BCUT2D eigenvalue weighted by Crippen LogP contribution is 2.35. The predicted molar refractivity (Wildman–Crippen MR) is 89.1 cm³/mol. The molecule has 5 rings (SSSR count).